The van der Waals surface area contributed by atoms with Gasteiger partial charge in [-0.3, -0.25) is 9.59 Å². The number of nitrogens with one attached hydrogen (secondary N) is 1. The van der Waals surface area contributed by atoms with Gasteiger partial charge < -0.3 is 19.5 Å². The van der Waals surface area contributed by atoms with Gasteiger partial charge in [0.25, 0.3) is 0 Å². The molecule has 0 fully saturated rings. The van der Waals surface area contributed by atoms with Crippen LogP contribution in [0, 0.1) is 0 Å². The number of carbonyl (C=O) groups is 2. The Morgan fingerprint density at radius 3 is 2.78 bits per heavy atom. The minimum Gasteiger partial charge on any atom is -0.469 e. The Balaban J connectivity index is 2.07. The zero-order chi connectivity index (χ0) is 16.7. The number of hydrogen-bond donors (Lipinski definition) is 1. The average molecular weight is 321 g/mol. The van der Waals surface area contributed by atoms with E-state index in [2.05, 4.69) is 12.2 Å². The van der Waals surface area contributed by atoms with Crippen LogP contribution in [-0.4, -0.2) is 25.8 Å². The molecule has 23 heavy (non-hydrogen) atoms. The molecule has 0 aromatic heterocycles. The maximum atomic E-state index is 12.1. The number of fused-ring (bicyclic) bond motifs is 1. The smallest absolute Gasteiger partial charge is 0.307 e. The third kappa shape index (κ3) is 4.87. The Hall–Kier alpha value is -2.24. The van der Waals surface area contributed by atoms with Crippen molar-refractivity contribution in [3.05, 3.63) is 23.8 Å². The summed E-state index contributed by atoms with van der Waals surface area (Å²) in [6.45, 7) is 2.27. The highest BCUT2D eigenvalue weighted by Crippen LogP contribution is 2.34. The summed E-state index contributed by atoms with van der Waals surface area (Å²) in [5.74, 6) is 0.851. The van der Waals surface area contributed by atoms with Crippen LogP contribution in [0.15, 0.2) is 18.2 Å². The summed E-state index contributed by atoms with van der Waals surface area (Å²) in [7, 11) is 1.34. The number of rotatable bonds is 8. The number of hydrogen-bond acceptors (Lipinski definition) is 5. The van der Waals surface area contributed by atoms with Crippen LogP contribution in [0.2, 0.25) is 0 Å². The summed E-state index contributed by atoms with van der Waals surface area (Å²) >= 11 is 0. The highest BCUT2D eigenvalue weighted by molar-refractivity contribution is 5.78. The van der Waals surface area contributed by atoms with Crippen molar-refractivity contribution in [1.82, 2.24) is 5.32 Å². The molecule has 1 aliphatic rings. The lowest BCUT2D eigenvalue weighted by molar-refractivity contribution is -0.141. The fourth-order valence-corrected chi connectivity index (χ4v) is 2.43. The molecule has 126 valence electrons. The summed E-state index contributed by atoms with van der Waals surface area (Å²) in [5, 5.41) is 2.91. The number of esters is 1. The van der Waals surface area contributed by atoms with Crippen molar-refractivity contribution < 1.29 is 23.8 Å². The van der Waals surface area contributed by atoms with Gasteiger partial charge in [-0.25, -0.2) is 0 Å². The molecule has 1 aromatic carbocycles. The predicted molar refractivity (Wildman–Crippen MR) is 84.2 cm³/mol. The average Bonchev–Trinajstić information content (AvgIpc) is 3.01. The van der Waals surface area contributed by atoms with Crippen LogP contribution in [0.4, 0.5) is 0 Å². The van der Waals surface area contributed by atoms with Crippen molar-refractivity contribution in [2.75, 3.05) is 13.9 Å². The van der Waals surface area contributed by atoms with Crippen LogP contribution in [-0.2, 0) is 14.3 Å². The fraction of sp³-hybridized carbons (Fsp3) is 0.529. The van der Waals surface area contributed by atoms with Gasteiger partial charge in [-0.05, 0) is 24.1 Å². The SMILES string of the molecule is CCCCCC(=O)N[C@@H](CC(=O)OC)c1ccc2c(c1)OCO2. The minimum atomic E-state index is -0.439. The van der Waals surface area contributed by atoms with Crippen LogP contribution in [0.3, 0.4) is 0 Å². The number of carbonyl (C=O) groups excluding carboxylic acids is 2. The molecule has 1 aliphatic heterocycles. The Labute approximate surface area is 136 Å². The van der Waals surface area contributed by atoms with E-state index in [4.69, 9.17) is 14.2 Å². The first-order chi connectivity index (χ1) is 11.1. The summed E-state index contributed by atoms with van der Waals surface area (Å²) in [5.41, 5.74) is 0.795. The number of unbranched alkanes of at least 4 members (excludes halogenated alkanes) is 2. The molecular weight excluding hydrogens is 298 g/mol. The number of amides is 1. The second kappa shape index (κ2) is 8.41. The molecule has 0 radical (unpaired) electrons. The Morgan fingerprint density at radius 1 is 1.26 bits per heavy atom. The molecule has 6 heteroatoms. The van der Waals surface area contributed by atoms with Crippen molar-refractivity contribution in [2.24, 2.45) is 0 Å². The van der Waals surface area contributed by atoms with Crippen molar-refractivity contribution in [2.45, 2.75) is 45.1 Å². The Bertz CT molecular complexity index is 558. The third-order valence-corrected chi connectivity index (χ3v) is 3.74. The largest absolute Gasteiger partial charge is 0.469 e. The summed E-state index contributed by atoms with van der Waals surface area (Å²) in [4.78, 5) is 23.7. The van der Waals surface area contributed by atoms with E-state index in [1.165, 1.54) is 7.11 Å². The molecule has 1 aromatic rings. The quantitative estimate of drug-likeness (QED) is 0.588. The molecule has 0 aliphatic carbocycles. The zero-order valence-electron chi connectivity index (χ0n) is 13.6. The van der Waals surface area contributed by atoms with Crippen LogP contribution in [0.5, 0.6) is 11.5 Å². The van der Waals surface area contributed by atoms with E-state index in [0.717, 1.165) is 24.8 Å². The first-order valence-corrected chi connectivity index (χ1v) is 7.89. The van der Waals surface area contributed by atoms with Crippen molar-refractivity contribution in [3.8, 4) is 11.5 Å². The lowest BCUT2D eigenvalue weighted by Crippen LogP contribution is -2.30. The van der Waals surface area contributed by atoms with Gasteiger partial charge in [0, 0.05) is 6.42 Å². The summed E-state index contributed by atoms with van der Waals surface area (Å²) < 4.78 is 15.4. The minimum absolute atomic E-state index is 0.0648. The van der Waals surface area contributed by atoms with Gasteiger partial charge in [0.2, 0.25) is 12.7 Å². The van der Waals surface area contributed by atoms with E-state index >= 15 is 0 Å². The van der Waals surface area contributed by atoms with Gasteiger partial charge in [0.05, 0.1) is 19.6 Å². The van der Waals surface area contributed by atoms with Crippen LogP contribution in [0.1, 0.15) is 50.6 Å². The Kier molecular flexibility index (Phi) is 6.26. The summed E-state index contributed by atoms with van der Waals surface area (Å²) in [6.07, 6.45) is 3.44. The molecule has 0 bridgehead atoms. The molecule has 1 heterocycles. The highest BCUT2D eigenvalue weighted by Gasteiger charge is 2.22. The third-order valence-electron chi connectivity index (χ3n) is 3.74. The first kappa shape index (κ1) is 17.1. The van der Waals surface area contributed by atoms with Gasteiger partial charge in [-0.1, -0.05) is 25.8 Å². The molecule has 6 nitrogen and oxygen atoms in total. The maximum Gasteiger partial charge on any atom is 0.307 e. The van der Waals surface area contributed by atoms with Crippen molar-refractivity contribution in [1.29, 1.82) is 0 Å². The molecular formula is C17H23NO5. The van der Waals surface area contributed by atoms with Crippen LogP contribution in [0.25, 0.3) is 0 Å². The van der Waals surface area contributed by atoms with Gasteiger partial charge >= 0.3 is 5.97 Å². The molecule has 2 rings (SSSR count). The van der Waals surface area contributed by atoms with Crippen LogP contribution < -0.4 is 14.8 Å². The molecule has 1 amide bonds. The van der Waals surface area contributed by atoms with Gasteiger partial charge in [-0.15, -0.1) is 0 Å². The van der Waals surface area contributed by atoms with Gasteiger partial charge in [0.15, 0.2) is 11.5 Å². The second-order valence-electron chi connectivity index (χ2n) is 5.47. The fourth-order valence-electron chi connectivity index (χ4n) is 2.43. The van der Waals surface area contributed by atoms with Crippen molar-refractivity contribution >= 4 is 11.9 Å². The number of ether oxygens (including phenoxy) is 3. The molecule has 0 saturated heterocycles. The molecule has 1 N–H and O–H groups in total. The topological polar surface area (TPSA) is 73.9 Å². The summed E-state index contributed by atoms with van der Waals surface area (Å²) in [6, 6.07) is 4.96. The van der Waals surface area contributed by atoms with E-state index in [9.17, 15) is 9.59 Å². The normalized spacial score (nSPS) is 13.5. The van der Waals surface area contributed by atoms with Crippen molar-refractivity contribution in [3.63, 3.8) is 0 Å². The van der Waals surface area contributed by atoms with E-state index in [-0.39, 0.29) is 25.1 Å². The molecule has 0 unspecified atom stereocenters. The van der Waals surface area contributed by atoms with Gasteiger partial charge in [-0.2, -0.15) is 0 Å². The molecule has 0 spiro atoms. The molecule has 1 atom stereocenters. The lowest BCUT2D eigenvalue weighted by atomic mass is 10.0. The zero-order valence-corrected chi connectivity index (χ0v) is 13.6. The second-order valence-corrected chi connectivity index (χ2v) is 5.47. The standard InChI is InChI=1S/C17H23NO5/c1-3-4-5-6-16(19)18-13(10-17(20)21-2)12-7-8-14-15(9-12)23-11-22-14/h7-9,13H,3-6,10-11H2,1-2H3,(H,18,19)/t13-/m0/s1. The monoisotopic (exact) mass is 321 g/mol. The molecule has 0 saturated carbocycles. The van der Waals surface area contributed by atoms with E-state index in [1.807, 2.05) is 6.07 Å². The lowest BCUT2D eigenvalue weighted by Gasteiger charge is -2.18. The number of methoxy groups -OCH3 is 1. The van der Waals surface area contributed by atoms with E-state index < -0.39 is 6.04 Å². The Morgan fingerprint density at radius 2 is 2.04 bits per heavy atom. The van der Waals surface area contributed by atoms with Crippen LogP contribution >= 0.6 is 0 Å². The van der Waals surface area contributed by atoms with Gasteiger partial charge in [0.1, 0.15) is 0 Å². The first-order valence-electron chi connectivity index (χ1n) is 7.89. The van der Waals surface area contributed by atoms with E-state index in [0.29, 0.717) is 17.9 Å². The van der Waals surface area contributed by atoms with E-state index in [1.54, 1.807) is 12.1 Å². The maximum absolute atomic E-state index is 12.1. The number of benzene rings is 1. The highest BCUT2D eigenvalue weighted by atomic mass is 16.7. The predicted octanol–water partition coefficient (Wildman–Crippen LogP) is 2.72.